The first-order valence-corrected chi connectivity index (χ1v) is 5.71. The van der Waals surface area contributed by atoms with E-state index in [-0.39, 0.29) is 11.5 Å². The van der Waals surface area contributed by atoms with E-state index in [0.717, 1.165) is 5.76 Å². The summed E-state index contributed by atoms with van der Waals surface area (Å²) in [5.41, 5.74) is 3.93. The predicted molar refractivity (Wildman–Crippen MR) is 68.2 cm³/mol. The Morgan fingerprint density at radius 2 is 1.82 bits per heavy atom. The Labute approximate surface area is 102 Å². The molecule has 2 rings (SSSR count). The van der Waals surface area contributed by atoms with Gasteiger partial charge in [0.25, 0.3) is 0 Å². The summed E-state index contributed by atoms with van der Waals surface area (Å²) in [5.74, 6) is 6.53. The Morgan fingerprint density at radius 1 is 1.12 bits per heavy atom. The van der Waals surface area contributed by atoms with Crippen molar-refractivity contribution in [3.05, 3.63) is 60.1 Å². The summed E-state index contributed by atoms with van der Waals surface area (Å²) >= 11 is 0. The van der Waals surface area contributed by atoms with Crippen LogP contribution in [0.2, 0.25) is 0 Å². The highest BCUT2D eigenvalue weighted by Crippen LogP contribution is 2.36. The van der Waals surface area contributed by atoms with Gasteiger partial charge >= 0.3 is 0 Å². The third kappa shape index (κ3) is 2.25. The average molecular weight is 230 g/mol. The van der Waals surface area contributed by atoms with Crippen LogP contribution in [0.1, 0.15) is 31.2 Å². The number of furan rings is 1. The first kappa shape index (κ1) is 11.9. The number of rotatable bonds is 4. The third-order valence-electron chi connectivity index (χ3n) is 3.23. The van der Waals surface area contributed by atoms with Crippen LogP contribution in [0.3, 0.4) is 0 Å². The molecule has 3 heteroatoms. The SMILES string of the molecule is CC(C)(c1ccccc1)C(NN)c1ccco1. The second-order valence-electron chi connectivity index (χ2n) is 4.70. The smallest absolute Gasteiger partial charge is 0.122 e. The maximum absolute atomic E-state index is 5.68. The molecule has 3 nitrogen and oxygen atoms in total. The minimum Gasteiger partial charge on any atom is -0.468 e. The molecule has 0 saturated heterocycles. The molecule has 0 fully saturated rings. The molecule has 1 atom stereocenters. The van der Waals surface area contributed by atoms with E-state index < -0.39 is 0 Å². The Morgan fingerprint density at radius 3 is 2.35 bits per heavy atom. The van der Waals surface area contributed by atoms with E-state index in [4.69, 9.17) is 10.3 Å². The zero-order chi connectivity index (χ0) is 12.3. The highest BCUT2D eigenvalue weighted by molar-refractivity contribution is 5.28. The molecular formula is C14H18N2O. The zero-order valence-corrected chi connectivity index (χ0v) is 10.2. The number of hydrogen-bond acceptors (Lipinski definition) is 3. The summed E-state index contributed by atoms with van der Waals surface area (Å²) in [4.78, 5) is 0. The first-order valence-electron chi connectivity index (χ1n) is 5.71. The molecule has 0 radical (unpaired) electrons. The topological polar surface area (TPSA) is 51.2 Å². The van der Waals surface area contributed by atoms with Gasteiger partial charge in [0.1, 0.15) is 5.76 Å². The van der Waals surface area contributed by atoms with Gasteiger partial charge in [0.2, 0.25) is 0 Å². The van der Waals surface area contributed by atoms with Crippen molar-refractivity contribution in [2.75, 3.05) is 0 Å². The summed E-state index contributed by atoms with van der Waals surface area (Å²) < 4.78 is 5.45. The van der Waals surface area contributed by atoms with Gasteiger partial charge in [0.05, 0.1) is 12.3 Å². The van der Waals surface area contributed by atoms with Crippen LogP contribution in [-0.2, 0) is 5.41 Å². The van der Waals surface area contributed by atoms with Crippen LogP contribution < -0.4 is 11.3 Å². The Kier molecular flexibility index (Phi) is 3.31. The van der Waals surface area contributed by atoms with Crippen molar-refractivity contribution in [2.45, 2.75) is 25.3 Å². The van der Waals surface area contributed by atoms with Crippen molar-refractivity contribution in [3.8, 4) is 0 Å². The van der Waals surface area contributed by atoms with E-state index in [9.17, 15) is 0 Å². The summed E-state index contributed by atoms with van der Waals surface area (Å²) in [6.45, 7) is 4.30. The summed E-state index contributed by atoms with van der Waals surface area (Å²) in [6.07, 6.45) is 1.67. The van der Waals surface area contributed by atoms with Crippen molar-refractivity contribution in [1.29, 1.82) is 0 Å². The van der Waals surface area contributed by atoms with Gasteiger partial charge in [-0.05, 0) is 17.7 Å². The molecule has 0 bridgehead atoms. The third-order valence-corrected chi connectivity index (χ3v) is 3.23. The normalized spacial score (nSPS) is 13.6. The van der Waals surface area contributed by atoms with Crippen LogP contribution in [0, 0.1) is 0 Å². The molecule has 1 unspecified atom stereocenters. The first-order chi connectivity index (χ1) is 8.16. The zero-order valence-electron chi connectivity index (χ0n) is 10.2. The number of nitrogens with one attached hydrogen (secondary N) is 1. The largest absolute Gasteiger partial charge is 0.468 e. The molecule has 2 aromatic rings. The fourth-order valence-electron chi connectivity index (χ4n) is 2.14. The molecule has 0 aliphatic carbocycles. The van der Waals surface area contributed by atoms with Crippen LogP contribution in [-0.4, -0.2) is 0 Å². The van der Waals surface area contributed by atoms with Crippen molar-refractivity contribution in [1.82, 2.24) is 5.43 Å². The molecule has 0 amide bonds. The highest BCUT2D eigenvalue weighted by atomic mass is 16.3. The van der Waals surface area contributed by atoms with Crippen LogP contribution in [0.15, 0.2) is 53.1 Å². The van der Waals surface area contributed by atoms with Gasteiger partial charge in [0, 0.05) is 5.41 Å². The van der Waals surface area contributed by atoms with Crippen molar-refractivity contribution in [3.63, 3.8) is 0 Å². The lowest BCUT2D eigenvalue weighted by Crippen LogP contribution is -2.40. The Bertz CT molecular complexity index is 448. The monoisotopic (exact) mass is 230 g/mol. The van der Waals surface area contributed by atoms with E-state index in [1.54, 1.807) is 6.26 Å². The summed E-state index contributed by atoms with van der Waals surface area (Å²) in [7, 11) is 0. The average Bonchev–Trinajstić information content (AvgIpc) is 2.84. The van der Waals surface area contributed by atoms with Gasteiger partial charge in [0.15, 0.2) is 0 Å². The van der Waals surface area contributed by atoms with Gasteiger partial charge in [-0.15, -0.1) is 0 Å². The lowest BCUT2D eigenvalue weighted by molar-refractivity contribution is 0.300. The molecule has 0 aliphatic heterocycles. The maximum Gasteiger partial charge on any atom is 0.122 e. The van der Waals surface area contributed by atoms with E-state index >= 15 is 0 Å². The molecule has 1 heterocycles. The molecular weight excluding hydrogens is 212 g/mol. The Hall–Kier alpha value is -1.58. The van der Waals surface area contributed by atoms with Crippen LogP contribution in [0.5, 0.6) is 0 Å². The lowest BCUT2D eigenvalue weighted by atomic mass is 9.77. The Balaban J connectivity index is 2.37. The van der Waals surface area contributed by atoms with E-state index in [2.05, 4.69) is 31.4 Å². The summed E-state index contributed by atoms with van der Waals surface area (Å²) in [5, 5.41) is 0. The lowest BCUT2D eigenvalue weighted by Gasteiger charge is -2.33. The molecule has 3 N–H and O–H groups in total. The number of nitrogens with two attached hydrogens (primary N) is 1. The molecule has 90 valence electrons. The van der Waals surface area contributed by atoms with Gasteiger partial charge in [-0.25, -0.2) is 5.43 Å². The van der Waals surface area contributed by atoms with Crippen molar-refractivity contribution < 1.29 is 4.42 Å². The molecule has 0 saturated carbocycles. The molecule has 1 aromatic carbocycles. The number of benzene rings is 1. The molecule has 0 aliphatic rings. The van der Waals surface area contributed by atoms with Gasteiger partial charge in [-0.3, -0.25) is 5.84 Å². The molecule has 0 spiro atoms. The van der Waals surface area contributed by atoms with E-state index in [1.165, 1.54) is 5.56 Å². The predicted octanol–water partition coefficient (Wildman–Crippen LogP) is 2.76. The molecule has 1 aromatic heterocycles. The quantitative estimate of drug-likeness (QED) is 0.627. The van der Waals surface area contributed by atoms with Gasteiger partial charge in [-0.1, -0.05) is 44.2 Å². The standard InChI is InChI=1S/C14H18N2O/c1-14(2,11-7-4-3-5-8-11)13(16-15)12-9-6-10-17-12/h3-10,13,16H,15H2,1-2H3. The van der Waals surface area contributed by atoms with E-state index in [1.807, 2.05) is 30.3 Å². The minimum atomic E-state index is -0.145. The second kappa shape index (κ2) is 4.73. The minimum absolute atomic E-state index is 0.0556. The van der Waals surface area contributed by atoms with Crippen molar-refractivity contribution >= 4 is 0 Å². The highest BCUT2D eigenvalue weighted by Gasteiger charge is 2.33. The van der Waals surface area contributed by atoms with Crippen LogP contribution in [0.4, 0.5) is 0 Å². The summed E-state index contributed by atoms with van der Waals surface area (Å²) in [6, 6.07) is 14.0. The fraction of sp³-hybridized carbons (Fsp3) is 0.286. The van der Waals surface area contributed by atoms with E-state index in [0.29, 0.717) is 0 Å². The van der Waals surface area contributed by atoms with Crippen LogP contribution >= 0.6 is 0 Å². The maximum atomic E-state index is 5.68. The molecule has 17 heavy (non-hydrogen) atoms. The van der Waals surface area contributed by atoms with Crippen molar-refractivity contribution in [2.24, 2.45) is 5.84 Å². The number of hydrazine groups is 1. The van der Waals surface area contributed by atoms with Crippen LogP contribution in [0.25, 0.3) is 0 Å². The number of hydrogen-bond donors (Lipinski definition) is 2. The second-order valence-corrected chi connectivity index (χ2v) is 4.70. The van der Waals surface area contributed by atoms with Gasteiger partial charge in [-0.2, -0.15) is 0 Å². The fourth-order valence-corrected chi connectivity index (χ4v) is 2.14. The van der Waals surface area contributed by atoms with Gasteiger partial charge < -0.3 is 4.42 Å².